The van der Waals surface area contributed by atoms with E-state index in [0.29, 0.717) is 6.54 Å². The Labute approximate surface area is 113 Å². The third-order valence-corrected chi connectivity index (χ3v) is 2.97. The van der Waals surface area contributed by atoms with Crippen molar-refractivity contribution >= 4 is 11.9 Å². The van der Waals surface area contributed by atoms with E-state index < -0.39 is 5.97 Å². The van der Waals surface area contributed by atoms with Crippen LogP contribution in [-0.4, -0.2) is 27.9 Å². The minimum atomic E-state index is -1.11. The Morgan fingerprint density at radius 2 is 1.89 bits per heavy atom. The number of carboxylic acids is 1. The van der Waals surface area contributed by atoms with Crippen LogP contribution in [0.1, 0.15) is 25.8 Å². The summed E-state index contributed by atoms with van der Waals surface area (Å²) in [4.78, 5) is 24.2. The average Bonchev–Trinajstić information content (AvgIpc) is 2.42. The first-order valence-electron chi connectivity index (χ1n) is 6.30. The van der Waals surface area contributed by atoms with Gasteiger partial charge in [0, 0.05) is 24.7 Å². The Bertz CT molecular complexity index is 454. The number of hydrogen-bond donors (Lipinski definition) is 1. The van der Waals surface area contributed by atoms with E-state index in [1.54, 1.807) is 4.90 Å². The molecule has 1 unspecified atom stereocenters. The highest BCUT2D eigenvalue weighted by molar-refractivity contribution is 5.94. The molecule has 0 saturated heterocycles. The first kappa shape index (κ1) is 15.0. The second-order valence-electron chi connectivity index (χ2n) is 4.38. The molecule has 0 aliphatic heterocycles. The van der Waals surface area contributed by atoms with Crippen LogP contribution in [0.4, 0.5) is 0 Å². The van der Waals surface area contributed by atoms with Crippen LogP contribution in [0.25, 0.3) is 0 Å². The number of carbonyl (C=O) groups is 2. The number of nitrogens with zero attached hydrogens (tertiary/aromatic N) is 1. The topological polar surface area (TPSA) is 57.6 Å². The lowest BCUT2D eigenvalue weighted by Gasteiger charge is -2.27. The van der Waals surface area contributed by atoms with Gasteiger partial charge in [-0.15, -0.1) is 0 Å². The Hall–Kier alpha value is -2.10. The van der Waals surface area contributed by atoms with Crippen molar-refractivity contribution in [3.8, 4) is 0 Å². The molecule has 1 aromatic rings. The molecule has 4 nitrogen and oxygen atoms in total. The van der Waals surface area contributed by atoms with Gasteiger partial charge < -0.3 is 10.0 Å². The molecule has 0 fully saturated rings. The highest BCUT2D eigenvalue weighted by Crippen LogP contribution is 2.11. The number of carboxylic acid groups (broad SMARTS) is 1. The molecule has 1 atom stereocenters. The maximum absolute atomic E-state index is 12.0. The second-order valence-corrected chi connectivity index (χ2v) is 4.38. The molecule has 102 valence electrons. The van der Waals surface area contributed by atoms with Crippen LogP contribution in [0.15, 0.2) is 42.5 Å². The standard InChI is InChI=1S/C15H19NO3/c1-3-12(2)16(14(17)9-10-15(18)19)11-13-7-5-4-6-8-13/h4-10,12H,3,11H2,1-2H3,(H,18,19)/b10-9+. The quantitative estimate of drug-likeness (QED) is 0.800. The molecular formula is C15H19NO3. The van der Waals surface area contributed by atoms with Crippen molar-refractivity contribution < 1.29 is 14.7 Å². The third kappa shape index (κ3) is 4.95. The molecule has 1 N–H and O–H groups in total. The highest BCUT2D eigenvalue weighted by atomic mass is 16.4. The van der Waals surface area contributed by atoms with Crippen LogP contribution in [-0.2, 0) is 16.1 Å². The Morgan fingerprint density at radius 1 is 1.26 bits per heavy atom. The molecule has 0 aliphatic carbocycles. The largest absolute Gasteiger partial charge is 0.478 e. The fraction of sp³-hybridized carbons (Fsp3) is 0.333. The van der Waals surface area contributed by atoms with Gasteiger partial charge >= 0.3 is 5.97 Å². The molecule has 4 heteroatoms. The van der Waals surface area contributed by atoms with Crippen LogP contribution in [0.5, 0.6) is 0 Å². The van der Waals surface area contributed by atoms with Gasteiger partial charge in [-0.05, 0) is 18.9 Å². The summed E-state index contributed by atoms with van der Waals surface area (Å²) >= 11 is 0. The SMILES string of the molecule is CCC(C)N(Cc1ccccc1)C(=O)/C=C/C(=O)O. The molecule has 0 aliphatic rings. The molecule has 0 bridgehead atoms. The molecular weight excluding hydrogens is 242 g/mol. The molecule has 1 amide bonds. The molecule has 0 radical (unpaired) electrons. The molecule has 0 aromatic heterocycles. The zero-order chi connectivity index (χ0) is 14.3. The minimum absolute atomic E-state index is 0.0613. The summed E-state index contributed by atoms with van der Waals surface area (Å²) in [7, 11) is 0. The maximum Gasteiger partial charge on any atom is 0.328 e. The summed E-state index contributed by atoms with van der Waals surface area (Å²) in [6.45, 7) is 4.44. The summed E-state index contributed by atoms with van der Waals surface area (Å²) in [5, 5.41) is 8.57. The van der Waals surface area contributed by atoms with Crippen molar-refractivity contribution in [2.45, 2.75) is 32.9 Å². The van der Waals surface area contributed by atoms with E-state index in [1.807, 2.05) is 44.2 Å². The van der Waals surface area contributed by atoms with Crippen LogP contribution in [0.3, 0.4) is 0 Å². The Balaban J connectivity index is 2.83. The third-order valence-electron chi connectivity index (χ3n) is 2.97. The minimum Gasteiger partial charge on any atom is -0.478 e. The normalized spacial score (nSPS) is 12.3. The van der Waals surface area contributed by atoms with Gasteiger partial charge in [0.25, 0.3) is 0 Å². The molecule has 1 aromatic carbocycles. The second kappa shape index (κ2) is 7.36. The smallest absolute Gasteiger partial charge is 0.328 e. The fourth-order valence-electron chi connectivity index (χ4n) is 1.69. The van der Waals surface area contributed by atoms with Crippen LogP contribution in [0.2, 0.25) is 0 Å². The van der Waals surface area contributed by atoms with E-state index in [9.17, 15) is 9.59 Å². The van der Waals surface area contributed by atoms with Crippen molar-refractivity contribution in [3.05, 3.63) is 48.0 Å². The number of amides is 1. The number of aliphatic carboxylic acids is 1. The fourth-order valence-corrected chi connectivity index (χ4v) is 1.69. The van der Waals surface area contributed by atoms with Gasteiger partial charge in [-0.1, -0.05) is 37.3 Å². The van der Waals surface area contributed by atoms with Crippen molar-refractivity contribution in [1.29, 1.82) is 0 Å². The van der Waals surface area contributed by atoms with Crippen molar-refractivity contribution in [2.24, 2.45) is 0 Å². The van der Waals surface area contributed by atoms with E-state index >= 15 is 0 Å². The van der Waals surface area contributed by atoms with Crippen molar-refractivity contribution in [1.82, 2.24) is 4.90 Å². The van der Waals surface area contributed by atoms with Crippen molar-refractivity contribution in [3.63, 3.8) is 0 Å². The van der Waals surface area contributed by atoms with E-state index in [2.05, 4.69) is 0 Å². The Morgan fingerprint density at radius 3 is 2.42 bits per heavy atom. The molecule has 0 spiro atoms. The summed E-state index contributed by atoms with van der Waals surface area (Å²) in [6.07, 6.45) is 2.81. The average molecular weight is 261 g/mol. The van der Waals surface area contributed by atoms with Gasteiger partial charge in [0.1, 0.15) is 0 Å². The number of rotatable bonds is 6. The molecule has 0 heterocycles. The zero-order valence-electron chi connectivity index (χ0n) is 11.2. The summed E-state index contributed by atoms with van der Waals surface area (Å²) in [6, 6.07) is 9.71. The zero-order valence-corrected chi connectivity index (χ0v) is 11.2. The van der Waals surface area contributed by atoms with E-state index in [-0.39, 0.29) is 11.9 Å². The number of benzene rings is 1. The van der Waals surface area contributed by atoms with E-state index in [0.717, 1.165) is 24.1 Å². The van der Waals surface area contributed by atoms with Crippen LogP contribution >= 0.6 is 0 Å². The first-order valence-corrected chi connectivity index (χ1v) is 6.30. The first-order chi connectivity index (χ1) is 9.04. The monoisotopic (exact) mass is 261 g/mol. The van der Waals surface area contributed by atoms with Gasteiger partial charge in [0.05, 0.1) is 0 Å². The maximum atomic E-state index is 12.0. The molecule has 0 saturated carbocycles. The summed E-state index contributed by atoms with van der Waals surface area (Å²) in [5.74, 6) is -1.39. The Kier molecular flexibility index (Phi) is 5.79. The number of hydrogen-bond acceptors (Lipinski definition) is 2. The van der Waals surface area contributed by atoms with E-state index in [1.165, 1.54) is 0 Å². The summed E-state index contributed by atoms with van der Waals surface area (Å²) < 4.78 is 0. The van der Waals surface area contributed by atoms with Gasteiger partial charge in [-0.2, -0.15) is 0 Å². The molecule has 1 rings (SSSR count). The van der Waals surface area contributed by atoms with Crippen molar-refractivity contribution in [2.75, 3.05) is 0 Å². The summed E-state index contributed by atoms with van der Waals surface area (Å²) in [5.41, 5.74) is 1.03. The van der Waals surface area contributed by atoms with Gasteiger partial charge in [0.15, 0.2) is 0 Å². The van der Waals surface area contributed by atoms with Gasteiger partial charge in [-0.3, -0.25) is 4.79 Å². The lowest BCUT2D eigenvalue weighted by atomic mass is 10.1. The lowest BCUT2D eigenvalue weighted by molar-refractivity contribution is -0.133. The predicted molar refractivity (Wildman–Crippen MR) is 73.5 cm³/mol. The van der Waals surface area contributed by atoms with Gasteiger partial charge in [-0.25, -0.2) is 4.79 Å². The highest BCUT2D eigenvalue weighted by Gasteiger charge is 2.17. The van der Waals surface area contributed by atoms with E-state index in [4.69, 9.17) is 5.11 Å². The lowest BCUT2D eigenvalue weighted by Crippen LogP contribution is -2.36. The van der Waals surface area contributed by atoms with Crippen LogP contribution in [0, 0.1) is 0 Å². The number of carbonyl (C=O) groups excluding carboxylic acids is 1. The predicted octanol–water partition coefficient (Wildman–Crippen LogP) is 2.45. The van der Waals surface area contributed by atoms with Crippen LogP contribution < -0.4 is 0 Å². The molecule has 19 heavy (non-hydrogen) atoms. The van der Waals surface area contributed by atoms with Gasteiger partial charge in [0.2, 0.25) is 5.91 Å².